The van der Waals surface area contributed by atoms with Gasteiger partial charge < -0.3 is 5.32 Å². The van der Waals surface area contributed by atoms with Gasteiger partial charge in [0.15, 0.2) is 0 Å². The molecule has 0 amide bonds. The van der Waals surface area contributed by atoms with Gasteiger partial charge in [-0.3, -0.25) is 0 Å². The number of thiophene rings is 1. The molecule has 0 spiro atoms. The monoisotopic (exact) mass is 333 g/mol. The van der Waals surface area contributed by atoms with Gasteiger partial charge in [-0.1, -0.05) is 11.6 Å². The molecule has 5 heteroatoms. The molecule has 1 aromatic heterocycles. The van der Waals surface area contributed by atoms with Crippen LogP contribution in [0.5, 0.6) is 0 Å². The molecule has 90 valence electrons. The lowest BCUT2D eigenvalue weighted by Gasteiger charge is -2.17. The summed E-state index contributed by atoms with van der Waals surface area (Å²) in [5.74, 6) is -0.258. The fourth-order valence-electron chi connectivity index (χ4n) is 1.71. The lowest BCUT2D eigenvalue weighted by atomic mass is 10.0. The Morgan fingerprint density at radius 1 is 1.35 bits per heavy atom. The second kappa shape index (κ2) is 5.48. The van der Waals surface area contributed by atoms with Crippen LogP contribution in [-0.2, 0) is 0 Å². The quantitative estimate of drug-likeness (QED) is 0.864. The van der Waals surface area contributed by atoms with Crippen molar-refractivity contribution >= 4 is 38.9 Å². The average molecular weight is 335 g/mol. The zero-order valence-electron chi connectivity index (χ0n) is 9.01. The highest BCUT2D eigenvalue weighted by atomic mass is 79.9. The van der Waals surface area contributed by atoms with Gasteiger partial charge in [0.1, 0.15) is 5.82 Å². The number of benzene rings is 1. The minimum atomic E-state index is -0.258. The fraction of sp³-hybridized carbons (Fsp3) is 0.167. The van der Waals surface area contributed by atoms with E-state index in [1.807, 2.05) is 10.8 Å². The van der Waals surface area contributed by atoms with Crippen molar-refractivity contribution in [2.75, 3.05) is 7.05 Å². The van der Waals surface area contributed by atoms with Gasteiger partial charge in [-0.05, 0) is 52.1 Å². The number of rotatable bonds is 3. The smallest absolute Gasteiger partial charge is 0.128 e. The molecule has 0 aliphatic heterocycles. The third kappa shape index (κ3) is 2.71. The van der Waals surface area contributed by atoms with E-state index in [2.05, 4.69) is 21.2 Å². The Balaban J connectivity index is 2.49. The first-order valence-electron chi connectivity index (χ1n) is 4.97. The minimum absolute atomic E-state index is 0.200. The van der Waals surface area contributed by atoms with Crippen LogP contribution in [0.2, 0.25) is 5.02 Å². The average Bonchev–Trinajstić information content (AvgIpc) is 2.71. The summed E-state index contributed by atoms with van der Waals surface area (Å²) >= 11 is 11.0. The van der Waals surface area contributed by atoms with E-state index in [-0.39, 0.29) is 11.9 Å². The number of hydrogen-bond donors (Lipinski definition) is 1. The highest BCUT2D eigenvalue weighted by Gasteiger charge is 2.19. The van der Waals surface area contributed by atoms with E-state index in [9.17, 15) is 4.39 Å². The van der Waals surface area contributed by atoms with Gasteiger partial charge in [-0.2, -0.15) is 11.3 Å². The standard InChI is InChI=1S/C12H10BrClFNS/c1-16-12(9-5-17-6-10(9)13)8-4-7(14)2-3-11(8)15/h2-6,12,16H,1H3. The van der Waals surface area contributed by atoms with Crippen molar-refractivity contribution in [3.05, 3.63) is 55.4 Å². The molecule has 17 heavy (non-hydrogen) atoms. The number of nitrogens with one attached hydrogen (secondary N) is 1. The molecule has 0 radical (unpaired) electrons. The van der Waals surface area contributed by atoms with Crippen LogP contribution in [0.4, 0.5) is 4.39 Å². The molecule has 1 unspecified atom stereocenters. The van der Waals surface area contributed by atoms with Crippen LogP contribution in [0.1, 0.15) is 17.2 Å². The van der Waals surface area contributed by atoms with E-state index in [1.54, 1.807) is 30.5 Å². The van der Waals surface area contributed by atoms with Crippen LogP contribution in [0.15, 0.2) is 33.4 Å². The van der Waals surface area contributed by atoms with Gasteiger partial charge in [0.05, 0.1) is 6.04 Å². The summed E-state index contributed by atoms with van der Waals surface area (Å²) in [6.07, 6.45) is 0. The Morgan fingerprint density at radius 2 is 2.12 bits per heavy atom. The van der Waals surface area contributed by atoms with E-state index in [1.165, 1.54) is 6.07 Å². The van der Waals surface area contributed by atoms with Gasteiger partial charge in [-0.25, -0.2) is 4.39 Å². The third-order valence-electron chi connectivity index (χ3n) is 2.51. The van der Waals surface area contributed by atoms with E-state index in [0.29, 0.717) is 10.6 Å². The van der Waals surface area contributed by atoms with Crippen molar-refractivity contribution in [2.45, 2.75) is 6.04 Å². The molecule has 0 saturated carbocycles. The van der Waals surface area contributed by atoms with Crippen LogP contribution < -0.4 is 5.32 Å². The van der Waals surface area contributed by atoms with Crippen molar-refractivity contribution in [2.24, 2.45) is 0 Å². The molecule has 2 aromatic rings. The SMILES string of the molecule is CNC(c1cc(Cl)ccc1F)c1cscc1Br. The van der Waals surface area contributed by atoms with Crippen molar-refractivity contribution < 1.29 is 4.39 Å². The maximum Gasteiger partial charge on any atom is 0.128 e. The highest BCUT2D eigenvalue weighted by molar-refractivity contribution is 9.10. The normalized spacial score (nSPS) is 12.7. The second-order valence-corrected chi connectivity index (χ2v) is 5.60. The molecule has 0 saturated heterocycles. The summed E-state index contributed by atoms with van der Waals surface area (Å²) in [5, 5.41) is 7.61. The fourth-order valence-corrected chi connectivity index (χ4v) is 3.44. The Kier molecular flexibility index (Phi) is 4.20. The maximum atomic E-state index is 13.8. The molecule has 0 aliphatic carbocycles. The highest BCUT2D eigenvalue weighted by Crippen LogP contribution is 2.33. The van der Waals surface area contributed by atoms with Gasteiger partial charge in [0.25, 0.3) is 0 Å². The Bertz CT molecular complexity index is 529. The van der Waals surface area contributed by atoms with Crippen LogP contribution in [0.3, 0.4) is 0 Å². The van der Waals surface area contributed by atoms with Crippen molar-refractivity contribution in [1.82, 2.24) is 5.32 Å². The summed E-state index contributed by atoms with van der Waals surface area (Å²) in [6, 6.07) is 4.40. The Morgan fingerprint density at radius 3 is 2.71 bits per heavy atom. The lowest BCUT2D eigenvalue weighted by molar-refractivity contribution is 0.576. The zero-order valence-corrected chi connectivity index (χ0v) is 12.2. The van der Waals surface area contributed by atoms with Crippen molar-refractivity contribution in [3.8, 4) is 0 Å². The molecule has 1 aromatic carbocycles. The van der Waals surface area contributed by atoms with Crippen molar-refractivity contribution in [1.29, 1.82) is 0 Å². The molecule has 1 nitrogen and oxygen atoms in total. The predicted octanol–water partition coefficient (Wildman–Crippen LogP) is 4.61. The first-order chi connectivity index (χ1) is 8.13. The molecule has 1 heterocycles. The molecule has 1 N–H and O–H groups in total. The van der Waals surface area contributed by atoms with E-state index < -0.39 is 0 Å². The summed E-state index contributed by atoms with van der Waals surface area (Å²) in [7, 11) is 1.80. The summed E-state index contributed by atoms with van der Waals surface area (Å²) in [5.41, 5.74) is 1.57. The van der Waals surface area contributed by atoms with Crippen LogP contribution in [0.25, 0.3) is 0 Å². The zero-order chi connectivity index (χ0) is 12.4. The predicted molar refractivity (Wildman–Crippen MR) is 74.3 cm³/mol. The summed E-state index contributed by atoms with van der Waals surface area (Å²) < 4.78 is 14.8. The molecule has 0 bridgehead atoms. The Hall–Kier alpha value is -0.420. The largest absolute Gasteiger partial charge is 0.309 e. The van der Waals surface area contributed by atoms with Gasteiger partial charge >= 0.3 is 0 Å². The second-order valence-electron chi connectivity index (χ2n) is 3.56. The maximum absolute atomic E-state index is 13.8. The van der Waals surface area contributed by atoms with Crippen LogP contribution >= 0.6 is 38.9 Å². The van der Waals surface area contributed by atoms with Gasteiger partial charge in [-0.15, -0.1) is 0 Å². The van der Waals surface area contributed by atoms with E-state index >= 15 is 0 Å². The molecule has 0 aliphatic rings. The minimum Gasteiger partial charge on any atom is -0.309 e. The molecule has 0 fully saturated rings. The third-order valence-corrected chi connectivity index (χ3v) is 4.50. The van der Waals surface area contributed by atoms with E-state index in [4.69, 9.17) is 11.6 Å². The first kappa shape index (κ1) is 13.0. The molecular weight excluding hydrogens is 325 g/mol. The summed E-state index contributed by atoms with van der Waals surface area (Å²) in [6.45, 7) is 0. The Labute approximate surface area is 117 Å². The van der Waals surface area contributed by atoms with Crippen LogP contribution in [-0.4, -0.2) is 7.05 Å². The van der Waals surface area contributed by atoms with Gasteiger partial charge in [0, 0.05) is 20.4 Å². The molecule has 1 atom stereocenters. The molecule has 2 rings (SSSR count). The van der Waals surface area contributed by atoms with E-state index in [0.717, 1.165) is 10.0 Å². The number of halogens is 3. The topological polar surface area (TPSA) is 12.0 Å². The van der Waals surface area contributed by atoms with Crippen molar-refractivity contribution in [3.63, 3.8) is 0 Å². The first-order valence-corrected chi connectivity index (χ1v) is 7.08. The summed E-state index contributed by atoms with van der Waals surface area (Å²) in [4.78, 5) is 0. The van der Waals surface area contributed by atoms with Crippen LogP contribution in [0, 0.1) is 5.82 Å². The lowest BCUT2D eigenvalue weighted by Crippen LogP contribution is -2.18. The molecular formula is C12H10BrClFNS. The van der Waals surface area contributed by atoms with Gasteiger partial charge in [0.2, 0.25) is 0 Å². The number of hydrogen-bond acceptors (Lipinski definition) is 2.